The Balaban J connectivity index is 1.68. The number of carboxylic acids is 1. The lowest BCUT2D eigenvalue weighted by molar-refractivity contribution is -0.118. The van der Waals surface area contributed by atoms with Crippen LogP contribution in [0.2, 0.25) is 0 Å². The topological polar surface area (TPSA) is 82.3 Å². The lowest BCUT2D eigenvalue weighted by Crippen LogP contribution is -2.27. The number of hydrogen-bond acceptors (Lipinski definition) is 4. The van der Waals surface area contributed by atoms with E-state index >= 15 is 0 Å². The molecule has 1 atom stereocenters. The van der Waals surface area contributed by atoms with Crippen LogP contribution in [0.3, 0.4) is 0 Å². The molecule has 1 aliphatic heterocycles. The number of carboxylic acid groups (broad SMARTS) is 1. The molecule has 0 spiro atoms. The van der Waals surface area contributed by atoms with Gasteiger partial charge in [0.2, 0.25) is 0 Å². The normalized spacial score (nSPS) is 16.8. The summed E-state index contributed by atoms with van der Waals surface area (Å²) in [5.74, 6) is -1.91. The number of hydrogen-bond donors (Lipinski definition) is 1. The quantitative estimate of drug-likeness (QED) is 0.695. The Kier molecular flexibility index (Phi) is 4.45. The molecule has 0 saturated carbocycles. The number of hydrazone groups is 1. The lowest BCUT2D eigenvalue weighted by Gasteiger charge is -2.12. The van der Waals surface area contributed by atoms with Gasteiger partial charge in [-0.2, -0.15) is 10.1 Å². The van der Waals surface area contributed by atoms with Crippen LogP contribution in [-0.4, -0.2) is 28.9 Å². The second-order valence-electron chi connectivity index (χ2n) is 6.50. The fourth-order valence-corrected chi connectivity index (χ4v) is 3.17. The van der Waals surface area contributed by atoms with Crippen LogP contribution in [0.1, 0.15) is 17.3 Å². The van der Waals surface area contributed by atoms with Gasteiger partial charge in [-0.1, -0.05) is 42.5 Å². The average Bonchev–Trinajstić information content (AvgIpc) is 3.00. The first-order valence-electron chi connectivity index (χ1n) is 8.79. The van der Waals surface area contributed by atoms with Gasteiger partial charge in [-0.15, -0.1) is 0 Å². The van der Waals surface area contributed by atoms with Gasteiger partial charge in [0.1, 0.15) is 5.92 Å². The molecule has 6 nitrogen and oxygen atoms in total. The highest BCUT2D eigenvalue weighted by Gasteiger charge is 2.33. The van der Waals surface area contributed by atoms with Crippen molar-refractivity contribution in [2.75, 3.05) is 5.01 Å². The number of aliphatic imine (C=N–C) groups is 1. The van der Waals surface area contributed by atoms with Gasteiger partial charge in [-0.25, -0.2) is 4.79 Å². The molecular formula is C22H17N3O3. The molecular weight excluding hydrogens is 354 g/mol. The molecule has 0 aromatic heterocycles. The smallest absolute Gasteiger partial charge is 0.337 e. The van der Waals surface area contributed by atoms with E-state index in [-0.39, 0.29) is 11.5 Å². The Morgan fingerprint density at radius 2 is 1.71 bits per heavy atom. The number of nitrogens with zero attached hydrogens (tertiary/aromatic N) is 3. The first kappa shape index (κ1) is 17.6. The van der Waals surface area contributed by atoms with Gasteiger partial charge in [-0.3, -0.25) is 9.79 Å². The Labute approximate surface area is 161 Å². The highest BCUT2D eigenvalue weighted by molar-refractivity contribution is 6.23. The second kappa shape index (κ2) is 7.08. The highest BCUT2D eigenvalue weighted by Crippen LogP contribution is 2.28. The molecule has 1 amide bonds. The standard InChI is InChI=1S/C22H17N3O3/c1-14-19(21(26)25(24-14)17-9-3-2-4-10-17)13-23-20-12-16-8-6-5-7-15(16)11-18(20)22(27)28/h2-13,19H,1H3,(H,27,28). The third-order valence-corrected chi connectivity index (χ3v) is 4.64. The van der Waals surface area contributed by atoms with Gasteiger partial charge >= 0.3 is 5.97 Å². The van der Waals surface area contributed by atoms with E-state index in [0.717, 1.165) is 10.8 Å². The van der Waals surface area contributed by atoms with Crippen LogP contribution in [-0.2, 0) is 4.79 Å². The van der Waals surface area contributed by atoms with Gasteiger partial charge in [0.15, 0.2) is 0 Å². The summed E-state index contributed by atoms with van der Waals surface area (Å²) >= 11 is 0. The average molecular weight is 371 g/mol. The zero-order valence-electron chi connectivity index (χ0n) is 15.1. The van der Waals surface area contributed by atoms with Crippen LogP contribution in [0, 0.1) is 5.92 Å². The van der Waals surface area contributed by atoms with Gasteiger partial charge in [0.25, 0.3) is 5.91 Å². The number of anilines is 1. The summed E-state index contributed by atoms with van der Waals surface area (Å²) in [6.45, 7) is 1.76. The minimum absolute atomic E-state index is 0.0925. The van der Waals surface area contributed by atoms with Crippen molar-refractivity contribution in [2.24, 2.45) is 16.0 Å². The minimum atomic E-state index is -1.06. The molecule has 0 saturated heterocycles. The van der Waals surface area contributed by atoms with E-state index in [0.29, 0.717) is 17.1 Å². The van der Waals surface area contributed by atoms with Crippen molar-refractivity contribution in [3.05, 3.63) is 72.3 Å². The van der Waals surface area contributed by atoms with E-state index in [1.165, 1.54) is 11.2 Å². The Morgan fingerprint density at radius 1 is 1.07 bits per heavy atom. The fraction of sp³-hybridized carbons (Fsp3) is 0.0909. The van der Waals surface area contributed by atoms with Crippen molar-refractivity contribution in [1.29, 1.82) is 0 Å². The van der Waals surface area contributed by atoms with Crippen molar-refractivity contribution >= 4 is 45.9 Å². The van der Waals surface area contributed by atoms with Crippen molar-refractivity contribution in [3.63, 3.8) is 0 Å². The fourth-order valence-electron chi connectivity index (χ4n) is 3.17. The van der Waals surface area contributed by atoms with Gasteiger partial charge in [-0.05, 0) is 42.0 Å². The maximum Gasteiger partial charge on any atom is 0.337 e. The number of fused-ring (bicyclic) bond motifs is 1. The maximum absolute atomic E-state index is 12.8. The maximum atomic E-state index is 12.8. The molecule has 3 aromatic carbocycles. The molecule has 3 aromatic rings. The van der Waals surface area contributed by atoms with Crippen molar-refractivity contribution < 1.29 is 14.7 Å². The molecule has 1 heterocycles. The predicted octanol–water partition coefficient (Wildman–Crippen LogP) is 4.28. The monoisotopic (exact) mass is 371 g/mol. The molecule has 0 fully saturated rings. The zero-order chi connectivity index (χ0) is 19.7. The van der Waals surface area contributed by atoms with E-state index in [1.54, 1.807) is 31.2 Å². The molecule has 6 heteroatoms. The van der Waals surface area contributed by atoms with Crippen molar-refractivity contribution in [3.8, 4) is 0 Å². The molecule has 4 rings (SSSR count). The first-order valence-corrected chi connectivity index (χ1v) is 8.79. The number of carbonyl (C=O) groups is 2. The van der Waals surface area contributed by atoms with Gasteiger partial charge < -0.3 is 5.11 Å². The van der Waals surface area contributed by atoms with E-state index in [4.69, 9.17) is 0 Å². The number of rotatable bonds is 4. The number of benzene rings is 3. The molecule has 138 valence electrons. The summed E-state index contributed by atoms with van der Waals surface area (Å²) < 4.78 is 0. The summed E-state index contributed by atoms with van der Waals surface area (Å²) in [6, 6.07) is 19.9. The Hall–Kier alpha value is -3.80. The molecule has 0 bridgehead atoms. The molecule has 0 radical (unpaired) electrons. The summed E-state index contributed by atoms with van der Waals surface area (Å²) in [4.78, 5) is 28.8. The SMILES string of the molecule is CC1=NN(c2ccccc2)C(=O)C1C=Nc1cc2ccccc2cc1C(=O)O. The molecule has 1 unspecified atom stereocenters. The molecule has 1 N–H and O–H groups in total. The van der Waals surface area contributed by atoms with Crippen molar-refractivity contribution in [1.82, 2.24) is 0 Å². The summed E-state index contributed by atoms with van der Waals surface area (Å²) in [5.41, 5.74) is 1.69. The van der Waals surface area contributed by atoms with E-state index in [2.05, 4.69) is 10.1 Å². The second-order valence-corrected chi connectivity index (χ2v) is 6.50. The number of amides is 1. The van der Waals surface area contributed by atoms with Gasteiger partial charge in [0, 0.05) is 6.21 Å². The summed E-state index contributed by atoms with van der Waals surface area (Å²) in [5, 5.41) is 16.9. The van der Waals surface area contributed by atoms with Crippen molar-refractivity contribution in [2.45, 2.75) is 6.92 Å². The van der Waals surface area contributed by atoms with Crippen LogP contribution in [0.5, 0.6) is 0 Å². The molecule has 1 aliphatic rings. The first-order chi connectivity index (χ1) is 13.5. The third kappa shape index (κ3) is 3.16. The molecule has 28 heavy (non-hydrogen) atoms. The van der Waals surface area contributed by atoms with E-state index < -0.39 is 11.9 Å². The summed E-state index contributed by atoms with van der Waals surface area (Å²) in [6.07, 6.45) is 1.47. The summed E-state index contributed by atoms with van der Waals surface area (Å²) in [7, 11) is 0. The Morgan fingerprint density at radius 3 is 2.39 bits per heavy atom. The molecule has 0 aliphatic carbocycles. The Bertz CT molecular complexity index is 1140. The van der Waals surface area contributed by atoms with Crippen LogP contribution in [0.25, 0.3) is 10.8 Å². The van der Waals surface area contributed by atoms with Crippen LogP contribution in [0.15, 0.2) is 76.8 Å². The number of aromatic carboxylic acids is 1. The largest absolute Gasteiger partial charge is 0.478 e. The number of para-hydroxylation sites is 1. The third-order valence-electron chi connectivity index (χ3n) is 4.64. The number of carbonyl (C=O) groups excluding carboxylic acids is 1. The van der Waals surface area contributed by atoms with Crippen LogP contribution < -0.4 is 5.01 Å². The van der Waals surface area contributed by atoms with Crippen LogP contribution >= 0.6 is 0 Å². The predicted molar refractivity (Wildman–Crippen MR) is 110 cm³/mol. The minimum Gasteiger partial charge on any atom is -0.478 e. The zero-order valence-corrected chi connectivity index (χ0v) is 15.1. The van der Waals surface area contributed by atoms with E-state index in [9.17, 15) is 14.7 Å². The highest BCUT2D eigenvalue weighted by atomic mass is 16.4. The van der Waals surface area contributed by atoms with E-state index in [1.807, 2.05) is 42.5 Å². The lowest BCUT2D eigenvalue weighted by atomic mass is 10.0. The van der Waals surface area contributed by atoms with Gasteiger partial charge in [0.05, 0.1) is 22.6 Å². The van der Waals surface area contributed by atoms with Crippen LogP contribution in [0.4, 0.5) is 11.4 Å².